The van der Waals surface area contributed by atoms with E-state index < -0.39 is 0 Å². The van der Waals surface area contributed by atoms with E-state index in [1.807, 2.05) is 6.92 Å². The highest BCUT2D eigenvalue weighted by Gasteiger charge is 2.32. The van der Waals surface area contributed by atoms with E-state index in [0.717, 1.165) is 24.2 Å². The van der Waals surface area contributed by atoms with Gasteiger partial charge < -0.3 is 5.32 Å². The lowest BCUT2D eigenvalue weighted by molar-refractivity contribution is 0.143. The van der Waals surface area contributed by atoms with E-state index in [4.69, 9.17) is 23.2 Å². The second-order valence-electron chi connectivity index (χ2n) is 9.24. The van der Waals surface area contributed by atoms with Crippen molar-refractivity contribution in [1.29, 1.82) is 0 Å². The number of nitrogens with zero attached hydrogens (tertiary/aromatic N) is 4. The number of hydrogen-bond donors (Lipinski definition) is 1. The molecule has 5 rings (SSSR count). The maximum atomic E-state index is 13.3. The molecule has 174 valence electrons. The number of para-hydroxylation sites is 1. The minimum Gasteiger partial charge on any atom is -0.324 e. The highest BCUT2D eigenvalue weighted by Crippen LogP contribution is 2.36. The minimum atomic E-state index is -0.277. The molecule has 6 nitrogen and oxygen atoms in total. The van der Waals surface area contributed by atoms with E-state index in [1.165, 1.54) is 15.7 Å². The largest absolute Gasteiger partial charge is 0.324 e. The Balaban J connectivity index is 1.55. The van der Waals surface area contributed by atoms with Crippen LogP contribution >= 0.6 is 23.2 Å². The van der Waals surface area contributed by atoms with E-state index >= 15 is 0 Å². The van der Waals surface area contributed by atoms with Gasteiger partial charge in [-0.05, 0) is 75.2 Å². The molecule has 34 heavy (non-hydrogen) atoms. The Morgan fingerprint density at radius 1 is 1.12 bits per heavy atom. The predicted molar refractivity (Wildman–Crippen MR) is 139 cm³/mol. The van der Waals surface area contributed by atoms with Crippen LogP contribution in [-0.2, 0) is 12.0 Å². The Bertz CT molecular complexity index is 1470. The van der Waals surface area contributed by atoms with Crippen LogP contribution in [0, 0.1) is 6.92 Å². The lowest BCUT2D eigenvalue weighted by Crippen LogP contribution is -2.43. The molecular weight excluding hydrogens is 469 g/mol. The van der Waals surface area contributed by atoms with Gasteiger partial charge in [0.05, 0.1) is 26.6 Å². The van der Waals surface area contributed by atoms with Crippen molar-refractivity contribution in [2.45, 2.75) is 32.7 Å². The number of halogens is 2. The first kappa shape index (κ1) is 22.8. The smallest absolute Gasteiger partial charge is 0.266 e. The molecule has 0 fully saturated rings. The number of rotatable bonds is 3. The number of pyridine rings is 1. The van der Waals surface area contributed by atoms with Crippen LogP contribution in [-0.4, -0.2) is 33.0 Å². The normalized spacial score (nSPS) is 15.4. The van der Waals surface area contributed by atoms with Gasteiger partial charge >= 0.3 is 0 Å². The van der Waals surface area contributed by atoms with Crippen molar-refractivity contribution in [2.75, 3.05) is 18.9 Å². The minimum absolute atomic E-state index is 0.0584. The quantitative estimate of drug-likeness (QED) is 0.387. The van der Waals surface area contributed by atoms with Gasteiger partial charge in [-0.25, -0.2) is 9.97 Å². The fraction of sp³-hybridized carbons (Fsp3) is 0.269. The summed E-state index contributed by atoms with van der Waals surface area (Å²) in [4.78, 5) is 24.7. The summed E-state index contributed by atoms with van der Waals surface area (Å²) in [5, 5.41) is 4.51. The van der Waals surface area contributed by atoms with Crippen molar-refractivity contribution < 1.29 is 0 Å². The number of fused-ring (bicyclic) bond motifs is 2. The maximum Gasteiger partial charge on any atom is 0.266 e. The summed E-state index contributed by atoms with van der Waals surface area (Å²) >= 11 is 12.7. The lowest BCUT2D eigenvalue weighted by atomic mass is 9.83. The van der Waals surface area contributed by atoms with Gasteiger partial charge in [0.2, 0.25) is 5.95 Å². The zero-order valence-electron chi connectivity index (χ0n) is 19.5. The summed E-state index contributed by atoms with van der Waals surface area (Å²) in [7, 11) is 2.15. The third kappa shape index (κ3) is 3.76. The molecule has 0 unspecified atom stereocenters. The average molecular weight is 494 g/mol. The van der Waals surface area contributed by atoms with E-state index in [1.54, 1.807) is 30.6 Å². The van der Waals surface area contributed by atoms with Gasteiger partial charge in [-0.2, -0.15) is 0 Å². The zero-order chi connectivity index (χ0) is 24.2. The Morgan fingerprint density at radius 3 is 2.59 bits per heavy atom. The summed E-state index contributed by atoms with van der Waals surface area (Å²) in [6.07, 6.45) is 4.30. The van der Waals surface area contributed by atoms with Gasteiger partial charge in [0.25, 0.3) is 5.56 Å². The predicted octanol–water partition coefficient (Wildman–Crippen LogP) is 5.86. The number of nitrogens with one attached hydrogen (secondary N) is 1. The van der Waals surface area contributed by atoms with Crippen LogP contribution in [0.4, 0.5) is 11.6 Å². The van der Waals surface area contributed by atoms with Crippen molar-refractivity contribution in [3.05, 3.63) is 85.9 Å². The topological polar surface area (TPSA) is 63.1 Å². The highest BCUT2D eigenvalue weighted by atomic mass is 35.5. The van der Waals surface area contributed by atoms with E-state index in [-0.39, 0.29) is 11.1 Å². The molecule has 0 saturated carbocycles. The SMILES string of the molecule is Cc1cn(-c2c(Cl)cccc2Cl)c(=O)c2cnc(Nc3ccc4c(c3)C(C)(C)N(C)CC4)nc12. The molecular formula is C26H25Cl2N5O. The maximum absolute atomic E-state index is 13.3. The average Bonchev–Trinajstić information content (AvgIpc) is 2.80. The molecule has 0 radical (unpaired) electrons. The first-order chi connectivity index (χ1) is 16.2. The molecule has 1 aliphatic rings. The Kier molecular flexibility index (Phi) is 5.63. The molecule has 8 heteroatoms. The molecule has 3 heterocycles. The summed E-state index contributed by atoms with van der Waals surface area (Å²) in [5.74, 6) is 0.436. The Morgan fingerprint density at radius 2 is 1.85 bits per heavy atom. The highest BCUT2D eigenvalue weighted by molar-refractivity contribution is 6.37. The fourth-order valence-corrected chi connectivity index (χ4v) is 5.15. The number of likely N-dealkylation sites (N-methyl/N-ethyl adjacent to an activating group) is 1. The van der Waals surface area contributed by atoms with E-state index in [0.29, 0.717) is 32.6 Å². The molecule has 0 saturated heterocycles. The lowest BCUT2D eigenvalue weighted by Gasteiger charge is -2.41. The molecule has 2 aromatic heterocycles. The van der Waals surface area contributed by atoms with Crippen molar-refractivity contribution >= 4 is 45.7 Å². The summed E-state index contributed by atoms with van der Waals surface area (Å²) in [5.41, 5.74) is 5.08. The van der Waals surface area contributed by atoms with Crippen LogP contribution in [0.2, 0.25) is 10.0 Å². The van der Waals surface area contributed by atoms with Gasteiger partial charge in [0.1, 0.15) is 0 Å². The molecule has 4 aromatic rings. The number of benzene rings is 2. The molecule has 2 aromatic carbocycles. The van der Waals surface area contributed by atoms with Crippen molar-refractivity contribution in [3.8, 4) is 5.69 Å². The third-order valence-corrected chi connectivity index (χ3v) is 7.42. The summed E-state index contributed by atoms with van der Waals surface area (Å²) < 4.78 is 1.46. The Hall–Kier alpha value is -2.93. The standard InChI is InChI=1S/C26H25Cl2N5O/c1-15-14-33(23-20(27)6-5-7-21(23)28)24(34)18-13-29-25(31-22(15)18)30-17-9-8-16-10-11-32(4)26(2,3)19(16)12-17/h5-9,12-14H,10-11H2,1-4H3,(H,29,30,31). The van der Waals surface area contributed by atoms with Gasteiger partial charge in [-0.3, -0.25) is 14.3 Å². The van der Waals surface area contributed by atoms with Crippen molar-refractivity contribution in [1.82, 2.24) is 19.4 Å². The molecule has 0 spiro atoms. The van der Waals surface area contributed by atoms with Crippen molar-refractivity contribution in [3.63, 3.8) is 0 Å². The van der Waals surface area contributed by atoms with Crippen LogP contribution in [0.3, 0.4) is 0 Å². The monoisotopic (exact) mass is 493 g/mol. The van der Waals surface area contributed by atoms with Gasteiger partial charge in [-0.1, -0.05) is 35.3 Å². The molecule has 0 atom stereocenters. The van der Waals surface area contributed by atoms with Crippen molar-refractivity contribution in [2.24, 2.45) is 0 Å². The summed E-state index contributed by atoms with van der Waals surface area (Å²) in [6, 6.07) is 11.5. The van der Waals surface area contributed by atoms with Gasteiger partial charge in [0, 0.05) is 30.2 Å². The number of anilines is 2. The zero-order valence-corrected chi connectivity index (χ0v) is 21.0. The van der Waals surface area contributed by atoms with E-state index in [2.05, 4.69) is 59.3 Å². The summed E-state index contributed by atoms with van der Waals surface area (Å²) in [6.45, 7) is 7.41. The van der Waals surface area contributed by atoms with Crippen LogP contribution in [0.25, 0.3) is 16.6 Å². The second kappa shape index (κ2) is 8.38. The molecule has 0 aliphatic carbocycles. The van der Waals surface area contributed by atoms with Crippen LogP contribution < -0.4 is 10.9 Å². The van der Waals surface area contributed by atoms with Crippen LogP contribution in [0.15, 0.2) is 53.6 Å². The molecule has 1 aliphatic heterocycles. The second-order valence-corrected chi connectivity index (χ2v) is 10.1. The number of aromatic nitrogens is 3. The first-order valence-corrected chi connectivity index (χ1v) is 11.9. The Labute approximate surface area is 208 Å². The third-order valence-electron chi connectivity index (χ3n) is 6.81. The molecule has 1 N–H and O–H groups in total. The number of hydrogen-bond acceptors (Lipinski definition) is 5. The molecule has 0 bridgehead atoms. The van der Waals surface area contributed by atoms with E-state index in [9.17, 15) is 4.79 Å². The molecule has 0 amide bonds. The van der Waals surface area contributed by atoms with Crippen LogP contribution in [0.5, 0.6) is 0 Å². The van der Waals surface area contributed by atoms with Gasteiger partial charge in [-0.15, -0.1) is 0 Å². The van der Waals surface area contributed by atoms with Crippen LogP contribution in [0.1, 0.15) is 30.5 Å². The van der Waals surface area contributed by atoms with Gasteiger partial charge in [0.15, 0.2) is 0 Å². The first-order valence-electron chi connectivity index (χ1n) is 11.1. The fourth-order valence-electron chi connectivity index (χ4n) is 4.57. The number of aryl methyl sites for hydroxylation is 1.